The topological polar surface area (TPSA) is 88.2 Å². The number of hydrogen-bond acceptors (Lipinski definition) is 5. The Labute approximate surface area is 156 Å². The maximum absolute atomic E-state index is 12.6. The number of nitrogens with zero attached hydrogens (tertiary/aromatic N) is 2. The predicted molar refractivity (Wildman–Crippen MR) is 97.5 cm³/mol. The minimum absolute atomic E-state index is 0.118. The molecule has 9 heteroatoms. The van der Waals surface area contributed by atoms with Gasteiger partial charge < -0.3 is 19.3 Å². The lowest BCUT2D eigenvalue weighted by atomic mass is 9.78. The SMILES string of the molecule is CS(=O)(=O)NCCC1CCOC2(CCN(C(=O)N3CCOCC3)CC2)C1. The lowest BCUT2D eigenvalue weighted by molar-refractivity contribution is -0.124. The summed E-state index contributed by atoms with van der Waals surface area (Å²) in [4.78, 5) is 16.4. The number of nitrogens with one attached hydrogen (secondary N) is 1. The second-order valence-electron chi connectivity index (χ2n) is 7.71. The molecule has 0 aromatic heterocycles. The fourth-order valence-corrected chi connectivity index (χ4v) is 4.72. The van der Waals surface area contributed by atoms with Gasteiger partial charge in [0.1, 0.15) is 0 Å². The molecule has 150 valence electrons. The van der Waals surface area contributed by atoms with Crippen molar-refractivity contribution in [2.75, 3.05) is 58.8 Å². The van der Waals surface area contributed by atoms with Crippen LogP contribution in [-0.2, 0) is 19.5 Å². The summed E-state index contributed by atoms with van der Waals surface area (Å²) in [7, 11) is -3.12. The van der Waals surface area contributed by atoms with Crippen molar-refractivity contribution in [1.29, 1.82) is 0 Å². The minimum Gasteiger partial charge on any atom is -0.378 e. The van der Waals surface area contributed by atoms with Crippen LogP contribution in [-0.4, -0.2) is 88.6 Å². The van der Waals surface area contributed by atoms with Crippen LogP contribution in [0.5, 0.6) is 0 Å². The van der Waals surface area contributed by atoms with E-state index in [2.05, 4.69) is 4.72 Å². The van der Waals surface area contributed by atoms with E-state index in [-0.39, 0.29) is 11.6 Å². The number of morpholine rings is 1. The lowest BCUT2D eigenvalue weighted by Crippen LogP contribution is -2.55. The zero-order chi connectivity index (χ0) is 18.6. The molecule has 1 N–H and O–H groups in total. The molecule has 3 fully saturated rings. The molecule has 0 aromatic rings. The Morgan fingerprint density at radius 2 is 1.77 bits per heavy atom. The average molecular weight is 390 g/mol. The number of carbonyl (C=O) groups excluding carboxylic acids is 1. The van der Waals surface area contributed by atoms with Crippen LogP contribution in [0.4, 0.5) is 4.79 Å². The second-order valence-corrected chi connectivity index (χ2v) is 9.55. The third-order valence-electron chi connectivity index (χ3n) is 5.74. The summed E-state index contributed by atoms with van der Waals surface area (Å²) < 4.78 is 36.5. The molecule has 3 aliphatic rings. The molecule has 0 saturated carbocycles. The maximum Gasteiger partial charge on any atom is 0.320 e. The van der Waals surface area contributed by atoms with E-state index in [1.165, 1.54) is 6.26 Å². The fourth-order valence-electron chi connectivity index (χ4n) is 4.23. The number of urea groups is 1. The number of likely N-dealkylation sites (tertiary alicyclic amines) is 1. The molecule has 0 bridgehead atoms. The molecule has 1 unspecified atom stereocenters. The van der Waals surface area contributed by atoms with Crippen molar-refractivity contribution in [3.8, 4) is 0 Å². The standard InChI is InChI=1S/C17H31N3O5S/c1-26(22,23)18-6-2-15-3-11-25-17(14-15)4-7-19(8-5-17)16(21)20-9-12-24-13-10-20/h15,18H,2-14H2,1H3. The van der Waals surface area contributed by atoms with E-state index in [0.717, 1.165) is 51.8 Å². The highest BCUT2D eigenvalue weighted by atomic mass is 32.2. The monoisotopic (exact) mass is 389 g/mol. The Kier molecular flexibility index (Phi) is 6.42. The van der Waals surface area contributed by atoms with E-state index in [1.54, 1.807) is 0 Å². The van der Waals surface area contributed by atoms with Gasteiger partial charge in [-0.25, -0.2) is 17.9 Å². The van der Waals surface area contributed by atoms with Crippen LogP contribution in [0.25, 0.3) is 0 Å². The van der Waals surface area contributed by atoms with Crippen LogP contribution in [0.2, 0.25) is 0 Å². The first-order valence-electron chi connectivity index (χ1n) is 9.57. The first-order valence-corrected chi connectivity index (χ1v) is 11.5. The number of amides is 2. The van der Waals surface area contributed by atoms with Gasteiger partial charge in [0.05, 0.1) is 25.1 Å². The Balaban J connectivity index is 1.47. The fraction of sp³-hybridized carbons (Fsp3) is 0.941. The van der Waals surface area contributed by atoms with Gasteiger partial charge in [0.2, 0.25) is 10.0 Å². The highest BCUT2D eigenvalue weighted by Crippen LogP contribution is 2.38. The van der Waals surface area contributed by atoms with Gasteiger partial charge in [0, 0.05) is 39.3 Å². The number of ether oxygens (including phenoxy) is 2. The smallest absolute Gasteiger partial charge is 0.320 e. The first-order chi connectivity index (χ1) is 12.4. The van der Waals surface area contributed by atoms with Crippen LogP contribution in [0.15, 0.2) is 0 Å². The van der Waals surface area contributed by atoms with Crippen molar-refractivity contribution in [3.63, 3.8) is 0 Å². The second kappa shape index (κ2) is 8.41. The Morgan fingerprint density at radius 3 is 2.42 bits per heavy atom. The molecule has 3 rings (SSSR count). The Hall–Kier alpha value is -0.900. The summed E-state index contributed by atoms with van der Waals surface area (Å²) in [5.41, 5.74) is -0.143. The zero-order valence-corrected chi connectivity index (χ0v) is 16.4. The number of rotatable bonds is 4. The summed E-state index contributed by atoms with van der Waals surface area (Å²) in [6, 6.07) is 0.118. The van der Waals surface area contributed by atoms with Gasteiger partial charge in [-0.15, -0.1) is 0 Å². The van der Waals surface area contributed by atoms with E-state index in [0.29, 0.717) is 38.8 Å². The maximum atomic E-state index is 12.6. The Morgan fingerprint density at radius 1 is 1.12 bits per heavy atom. The van der Waals surface area contributed by atoms with Crippen LogP contribution < -0.4 is 4.72 Å². The minimum atomic E-state index is -3.12. The van der Waals surface area contributed by atoms with Gasteiger partial charge in [0.25, 0.3) is 0 Å². The van der Waals surface area contributed by atoms with Crippen molar-refractivity contribution in [3.05, 3.63) is 0 Å². The van der Waals surface area contributed by atoms with E-state index >= 15 is 0 Å². The summed E-state index contributed by atoms with van der Waals surface area (Å²) in [6.07, 6.45) is 5.69. The third kappa shape index (κ3) is 5.31. The summed E-state index contributed by atoms with van der Waals surface area (Å²) >= 11 is 0. The summed E-state index contributed by atoms with van der Waals surface area (Å²) in [6.45, 7) is 5.25. The van der Waals surface area contributed by atoms with Gasteiger partial charge in [-0.3, -0.25) is 0 Å². The molecule has 3 heterocycles. The highest BCUT2D eigenvalue weighted by Gasteiger charge is 2.41. The molecule has 2 amide bonds. The van der Waals surface area contributed by atoms with Crippen LogP contribution >= 0.6 is 0 Å². The van der Waals surface area contributed by atoms with Gasteiger partial charge in [-0.05, 0) is 38.0 Å². The van der Waals surface area contributed by atoms with Gasteiger partial charge in [-0.1, -0.05) is 0 Å². The molecule has 3 saturated heterocycles. The number of carbonyl (C=O) groups is 1. The van der Waals surface area contributed by atoms with E-state index < -0.39 is 10.0 Å². The Bertz CT molecular complexity index is 583. The normalized spacial score (nSPS) is 26.9. The molecule has 0 radical (unpaired) electrons. The lowest BCUT2D eigenvalue weighted by Gasteiger charge is -2.47. The molecular weight excluding hydrogens is 358 g/mol. The number of sulfonamides is 1. The molecule has 1 spiro atoms. The molecule has 0 aliphatic carbocycles. The number of hydrogen-bond donors (Lipinski definition) is 1. The van der Waals surface area contributed by atoms with Gasteiger partial charge in [-0.2, -0.15) is 0 Å². The van der Waals surface area contributed by atoms with E-state index in [4.69, 9.17) is 9.47 Å². The van der Waals surface area contributed by atoms with Crippen LogP contribution in [0.1, 0.15) is 32.1 Å². The third-order valence-corrected chi connectivity index (χ3v) is 6.47. The van der Waals surface area contributed by atoms with Gasteiger partial charge in [0.15, 0.2) is 0 Å². The van der Waals surface area contributed by atoms with Crippen molar-refractivity contribution >= 4 is 16.1 Å². The number of piperidine rings is 1. The quantitative estimate of drug-likeness (QED) is 0.762. The molecule has 3 aliphatic heterocycles. The van der Waals surface area contributed by atoms with Crippen LogP contribution in [0.3, 0.4) is 0 Å². The van der Waals surface area contributed by atoms with Crippen molar-refractivity contribution in [1.82, 2.24) is 14.5 Å². The molecule has 26 heavy (non-hydrogen) atoms. The first kappa shape index (κ1) is 19.9. The summed E-state index contributed by atoms with van der Waals surface area (Å²) in [5.74, 6) is 0.472. The average Bonchev–Trinajstić information content (AvgIpc) is 2.62. The van der Waals surface area contributed by atoms with Gasteiger partial charge >= 0.3 is 6.03 Å². The zero-order valence-electron chi connectivity index (χ0n) is 15.6. The van der Waals surface area contributed by atoms with E-state index in [9.17, 15) is 13.2 Å². The highest BCUT2D eigenvalue weighted by molar-refractivity contribution is 7.88. The molecule has 0 aromatic carbocycles. The van der Waals surface area contributed by atoms with Crippen molar-refractivity contribution in [2.45, 2.75) is 37.7 Å². The van der Waals surface area contributed by atoms with Crippen LogP contribution in [0, 0.1) is 5.92 Å². The van der Waals surface area contributed by atoms with Crippen molar-refractivity contribution in [2.24, 2.45) is 5.92 Å². The molecular formula is C17H31N3O5S. The predicted octanol–water partition coefficient (Wildman–Crippen LogP) is 0.639. The van der Waals surface area contributed by atoms with Crippen molar-refractivity contribution < 1.29 is 22.7 Å². The largest absolute Gasteiger partial charge is 0.378 e. The molecule has 8 nitrogen and oxygen atoms in total. The summed E-state index contributed by atoms with van der Waals surface area (Å²) in [5, 5.41) is 0. The molecule has 1 atom stereocenters. The van der Waals surface area contributed by atoms with E-state index in [1.807, 2.05) is 9.80 Å².